The number of ether oxygens (including phenoxy) is 1. The van der Waals surface area contributed by atoms with Crippen molar-refractivity contribution in [2.45, 2.75) is 18.9 Å². The molecule has 9 heteroatoms. The summed E-state index contributed by atoms with van der Waals surface area (Å²) in [6.45, 7) is 1.51. The Bertz CT molecular complexity index is 1360. The third-order valence-corrected chi connectivity index (χ3v) is 6.72. The van der Waals surface area contributed by atoms with Crippen molar-refractivity contribution >= 4 is 29.5 Å². The van der Waals surface area contributed by atoms with Crippen LogP contribution in [-0.2, 0) is 11.3 Å². The molecule has 0 aliphatic carbocycles. The van der Waals surface area contributed by atoms with E-state index in [0.717, 1.165) is 12.1 Å². The fourth-order valence-corrected chi connectivity index (χ4v) is 5.12. The second-order valence-corrected chi connectivity index (χ2v) is 9.22. The molecular weight excluding hydrogens is 470 g/mol. The number of benzene rings is 1. The first-order chi connectivity index (χ1) is 16.9. The highest BCUT2D eigenvalue weighted by molar-refractivity contribution is 6.31. The molecule has 35 heavy (non-hydrogen) atoms. The van der Waals surface area contributed by atoms with Gasteiger partial charge in [0.15, 0.2) is 0 Å². The van der Waals surface area contributed by atoms with Crippen molar-refractivity contribution in [3.8, 4) is 5.75 Å². The van der Waals surface area contributed by atoms with E-state index in [2.05, 4.69) is 5.32 Å². The van der Waals surface area contributed by atoms with Gasteiger partial charge in [0, 0.05) is 48.4 Å². The maximum atomic E-state index is 13.7. The minimum absolute atomic E-state index is 0.0156. The first-order valence-corrected chi connectivity index (χ1v) is 11.7. The summed E-state index contributed by atoms with van der Waals surface area (Å²) >= 11 is 6.10. The zero-order valence-corrected chi connectivity index (χ0v) is 19.8. The lowest BCUT2D eigenvalue weighted by Crippen LogP contribution is -2.50. The number of halogens is 1. The molecule has 4 heterocycles. The number of nitrogens with one attached hydrogen (secondary N) is 1. The van der Waals surface area contributed by atoms with Crippen LogP contribution in [0.1, 0.15) is 34.2 Å². The SMILES string of the molecule is COc1ccc(Cl)cc1C(=O)NC(=Cc1ccco1)C(=O)N1CC2CC(C1)c1cccc(=O)n1C2. The summed E-state index contributed by atoms with van der Waals surface area (Å²) in [6, 6.07) is 13.4. The van der Waals surface area contributed by atoms with Crippen molar-refractivity contribution in [1.82, 2.24) is 14.8 Å². The normalized spacial score (nSPS) is 19.1. The first-order valence-electron chi connectivity index (χ1n) is 11.3. The molecule has 2 amide bonds. The number of fused-ring (bicyclic) bond motifs is 4. The van der Waals surface area contributed by atoms with Crippen LogP contribution in [0.15, 0.2) is 69.7 Å². The molecule has 2 aliphatic rings. The van der Waals surface area contributed by atoms with Gasteiger partial charge < -0.3 is 23.9 Å². The second kappa shape index (κ2) is 9.46. The van der Waals surface area contributed by atoms with Gasteiger partial charge in [-0.1, -0.05) is 17.7 Å². The molecule has 2 unspecified atom stereocenters. The van der Waals surface area contributed by atoms with Crippen LogP contribution in [-0.4, -0.2) is 41.5 Å². The van der Waals surface area contributed by atoms with Crippen molar-refractivity contribution in [3.63, 3.8) is 0 Å². The highest BCUT2D eigenvalue weighted by atomic mass is 35.5. The van der Waals surface area contributed by atoms with E-state index >= 15 is 0 Å². The van der Waals surface area contributed by atoms with Gasteiger partial charge in [0.05, 0.1) is 18.9 Å². The number of carbonyl (C=O) groups excluding carboxylic acids is 2. The minimum atomic E-state index is -0.524. The summed E-state index contributed by atoms with van der Waals surface area (Å²) in [6.07, 6.45) is 3.92. The number of carbonyl (C=O) groups is 2. The second-order valence-electron chi connectivity index (χ2n) is 8.78. The summed E-state index contributed by atoms with van der Waals surface area (Å²) in [5, 5.41) is 3.11. The van der Waals surface area contributed by atoms with Crippen LogP contribution in [0, 0.1) is 5.92 Å². The number of likely N-dealkylation sites (tertiary alicyclic amines) is 1. The summed E-state index contributed by atoms with van der Waals surface area (Å²) in [4.78, 5) is 40.9. The summed E-state index contributed by atoms with van der Waals surface area (Å²) in [5.41, 5.74) is 1.22. The monoisotopic (exact) mass is 493 g/mol. The standard InChI is InChI=1S/C26H24ClN3O5/c1-34-23-8-7-18(27)11-20(23)25(32)28-21(12-19-4-3-9-35-19)26(33)29-13-16-10-17(15-29)22-5-2-6-24(31)30(22)14-16/h2-9,11-12,16-17H,10,13-15H2,1H3,(H,28,32). The number of amides is 2. The Morgan fingerprint density at radius 2 is 2.00 bits per heavy atom. The summed E-state index contributed by atoms with van der Waals surface area (Å²) in [7, 11) is 1.46. The number of piperidine rings is 1. The highest BCUT2D eigenvalue weighted by Crippen LogP contribution is 2.35. The number of hydrogen-bond acceptors (Lipinski definition) is 5. The molecule has 1 saturated heterocycles. The maximum Gasteiger partial charge on any atom is 0.270 e. The molecule has 1 N–H and O–H groups in total. The lowest BCUT2D eigenvalue weighted by molar-refractivity contribution is -0.130. The largest absolute Gasteiger partial charge is 0.496 e. The molecule has 8 nitrogen and oxygen atoms in total. The maximum absolute atomic E-state index is 13.7. The zero-order valence-electron chi connectivity index (χ0n) is 19.1. The van der Waals surface area contributed by atoms with Gasteiger partial charge in [-0.2, -0.15) is 0 Å². The van der Waals surface area contributed by atoms with Gasteiger partial charge in [-0.3, -0.25) is 14.4 Å². The van der Waals surface area contributed by atoms with Crippen LogP contribution in [0.5, 0.6) is 5.75 Å². The van der Waals surface area contributed by atoms with Gasteiger partial charge in [0.2, 0.25) is 0 Å². The smallest absolute Gasteiger partial charge is 0.270 e. The van der Waals surface area contributed by atoms with E-state index in [1.807, 2.05) is 10.6 Å². The molecule has 2 aromatic heterocycles. The number of hydrogen-bond donors (Lipinski definition) is 1. The number of nitrogens with zero attached hydrogens (tertiary/aromatic N) is 2. The molecule has 1 aromatic carbocycles. The molecule has 5 rings (SSSR count). The van der Waals surface area contributed by atoms with E-state index in [0.29, 0.717) is 36.2 Å². The first kappa shape index (κ1) is 23.0. The lowest BCUT2D eigenvalue weighted by atomic mass is 9.83. The van der Waals surface area contributed by atoms with Crippen LogP contribution < -0.4 is 15.6 Å². The number of aromatic nitrogens is 1. The predicted octanol–water partition coefficient (Wildman–Crippen LogP) is 3.52. The molecule has 0 spiro atoms. The summed E-state index contributed by atoms with van der Waals surface area (Å²) in [5.74, 6) is 0.127. The van der Waals surface area contributed by atoms with Crippen LogP contribution in [0.25, 0.3) is 6.08 Å². The van der Waals surface area contributed by atoms with Crippen molar-refractivity contribution in [1.29, 1.82) is 0 Å². The van der Waals surface area contributed by atoms with Gasteiger partial charge >= 0.3 is 0 Å². The number of methoxy groups -OCH3 is 1. The average molecular weight is 494 g/mol. The molecule has 3 aromatic rings. The Morgan fingerprint density at radius 3 is 2.77 bits per heavy atom. The van der Waals surface area contributed by atoms with Crippen molar-refractivity contribution in [3.05, 3.63) is 92.9 Å². The molecule has 2 bridgehead atoms. The molecule has 2 atom stereocenters. The van der Waals surface area contributed by atoms with Gasteiger partial charge in [0.25, 0.3) is 17.4 Å². The zero-order chi connectivity index (χ0) is 24.5. The number of pyridine rings is 1. The number of furan rings is 1. The van der Waals surface area contributed by atoms with Crippen molar-refractivity contribution < 1.29 is 18.7 Å². The van der Waals surface area contributed by atoms with Crippen molar-refractivity contribution in [2.75, 3.05) is 20.2 Å². The lowest BCUT2D eigenvalue weighted by Gasteiger charge is -2.42. The van der Waals surface area contributed by atoms with E-state index in [-0.39, 0.29) is 34.6 Å². The van der Waals surface area contributed by atoms with E-state index < -0.39 is 5.91 Å². The van der Waals surface area contributed by atoms with Crippen molar-refractivity contribution in [2.24, 2.45) is 5.92 Å². The molecule has 180 valence electrons. The van der Waals surface area contributed by atoms with Gasteiger partial charge in [-0.15, -0.1) is 0 Å². The predicted molar refractivity (Wildman–Crippen MR) is 130 cm³/mol. The molecular formula is C26H24ClN3O5. The fourth-order valence-electron chi connectivity index (χ4n) is 4.95. The van der Waals surface area contributed by atoms with Crippen LogP contribution in [0.3, 0.4) is 0 Å². The quantitative estimate of drug-likeness (QED) is 0.549. The third kappa shape index (κ3) is 4.61. The van der Waals surface area contributed by atoms with E-state index in [4.69, 9.17) is 20.8 Å². The number of rotatable bonds is 5. The van der Waals surface area contributed by atoms with Crippen LogP contribution in [0.2, 0.25) is 5.02 Å². The van der Waals surface area contributed by atoms with Crippen LogP contribution >= 0.6 is 11.6 Å². The Labute approximate surface area is 206 Å². The van der Waals surface area contributed by atoms with Gasteiger partial charge in [-0.05, 0) is 48.7 Å². The molecule has 0 saturated carbocycles. The van der Waals surface area contributed by atoms with Crippen LogP contribution in [0.4, 0.5) is 0 Å². The Hall–Kier alpha value is -3.78. The summed E-state index contributed by atoms with van der Waals surface area (Å²) < 4.78 is 12.5. The average Bonchev–Trinajstić information content (AvgIpc) is 3.37. The Morgan fingerprint density at radius 1 is 1.14 bits per heavy atom. The van der Waals surface area contributed by atoms with Gasteiger partial charge in [0.1, 0.15) is 17.2 Å². The molecule has 0 radical (unpaired) electrons. The topological polar surface area (TPSA) is 93.8 Å². The third-order valence-electron chi connectivity index (χ3n) is 6.48. The molecule has 1 fully saturated rings. The minimum Gasteiger partial charge on any atom is -0.496 e. The fraction of sp³-hybridized carbons (Fsp3) is 0.269. The molecule has 2 aliphatic heterocycles. The van der Waals surface area contributed by atoms with E-state index in [9.17, 15) is 14.4 Å². The van der Waals surface area contributed by atoms with E-state index in [1.165, 1.54) is 25.5 Å². The Balaban J connectivity index is 1.44. The van der Waals surface area contributed by atoms with Gasteiger partial charge in [-0.25, -0.2) is 0 Å². The highest BCUT2D eigenvalue weighted by Gasteiger charge is 2.37. The Kier molecular flexibility index (Phi) is 6.21. The van der Waals surface area contributed by atoms with E-state index in [1.54, 1.807) is 41.3 Å².